The fourth-order valence-corrected chi connectivity index (χ4v) is 2.33. The Labute approximate surface area is 164 Å². The van der Waals surface area contributed by atoms with Crippen LogP contribution in [0.15, 0.2) is 0 Å². The molecule has 28 heavy (non-hydrogen) atoms. The van der Waals surface area contributed by atoms with Crippen LogP contribution in [-0.2, 0) is 33.6 Å². The molecule has 156 valence electrons. The van der Waals surface area contributed by atoms with Gasteiger partial charge in [0.1, 0.15) is 41.1 Å². The second-order valence-corrected chi connectivity index (χ2v) is 6.66. The zero-order chi connectivity index (χ0) is 21.5. The summed E-state index contributed by atoms with van der Waals surface area (Å²) in [4.78, 5) is 79.3. The molecule has 0 bridgehead atoms. The maximum atomic E-state index is 11.7. The molecule has 0 saturated heterocycles. The zero-order valence-corrected chi connectivity index (χ0v) is 16.3. The van der Waals surface area contributed by atoms with Crippen LogP contribution in [-0.4, -0.2) is 45.8 Å². The van der Waals surface area contributed by atoms with Crippen LogP contribution in [0.4, 0.5) is 0 Å². The minimum absolute atomic E-state index is 0.00525. The van der Waals surface area contributed by atoms with Crippen LogP contribution in [0.3, 0.4) is 0 Å². The molecule has 0 fully saturated rings. The van der Waals surface area contributed by atoms with Gasteiger partial charge in [-0.05, 0) is 0 Å². The van der Waals surface area contributed by atoms with Crippen molar-refractivity contribution in [3.63, 3.8) is 0 Å². The van der Waals surface area contributed by atoms with Gasteiger partial charge in [0.15, 0.2) is 0 Å². The summed E-state index contributed by atoms with van der Waals surface area (Å²) in [5.41, 5.74) is 0. The molecule has 0 aromatic rings. The van der Waals surface area contributed by atoms with Crippen molar-refractivity contribution in [2.75, 3.05) is 0 Å². The summed E-state index contributed by atoms with van der Waals surface area (Å²) in [5, 5.41) is 8.45. The van der Waals surface area contributed by atoms with Gasteiger partial charge in [-0.25, -0.2) is 0 Å². The monoisotopic (exact) mass is 396 g/mol. The van der Waals surface area contributed by atoms with Crippen LogP contribution >= 0.6 is 0 Å². The predicted octanol–water partition coefficient (Wildman–Crippen LogP) is 2.19. The lowest BCUT2D eigenvalue weighted by atomic mass is 10.0. The smallest absolute Gasteiger partial charge is 0.310 e. The fourth-order valence-electron chi connectivity index (χ4n) is 2.33. The average Bonchev–Trinajstić information content (AvgIpc) is 2.64. The summed E-state index contributed by atoms with van der Waals surface area (Å²) in [7, 11) is 0. The Morgan fingerprint density at radius 1 is 0.464 bits per heavy atom. The third-order valence-corrected chi connectivity index (χ3v) is 4.16. The maximum absolute atomic E-state index is 11.7. The second kappa shape index (κ2) is 14.5. The molecule has 0 atom stereocenters. The van der Waals surface area contributed by atoms with E-state index in [4.69, 9.17) is 5.11 Å². The first-order valence-electron chi connectivity index (χ1n) is 9.46. The molecule has 0 heterocycles. The van der Waals surface area contributed by atoms with Gasteiger partial charge in [-0.15, -0.1) is 0 Å². The van der Waals surface area contributed by atoms with Crippen LogP contribution in [0.25, 0.3) is 0 Å². The number of rotatable bonds is 18. The third-order valence-electron chi connectivity index (χ3n) is 4.16. The highest BCUT2D eigenvalue weighted by atomic mass is 16.4. The van der Waals surface area contributed by atoms with Gasteiger partial charge in [0, 0.05) is 70.6 Å². The lowest BCUT2D eigenvalue weighted by Crippen LogP contribution is -2.11. The number of aliphatic carboxylic acids is 1. The Kier molecular flexibility index (Phi) is 13.2. The van der Waals surface area contributed by atoms with Crippen molar-refractivity contribution in [2.45, 2.75) is 84.0 Å². The molecule has 0 aliphatic carbocycles. The van der Waals surface area contributed by atoms with Crippen molar-refractivity contribution in [3.8, 4) is 0 Å². The number of carboxylic acid groups (broad SMARTS) is 1. The van der Waals surface area contributed by atoms with E-state index in [1.807, 2.05) is 0 Å². The number of Topliss-reactive ketones (excluding diaryl/α,β-unsaturated/α-hetero) is 6. The van der Waals surface area contributed by atoms with E-state index in [2.05, 4.69) is 0 Å². The van der Waals surface area contributed by atoms with Crippen LogP contribution in [0.2, 0.25) is 0 Å². The molecule has 0 aliphatic rings. The lowest BCUT2D eigenvalue weighted by molar-refractivity contribution is -0.140. The Morgan fingerprint density at radius 2 is 0.714 bits per heavy atom. The highest BCUT2D eigenvalue weighted by molar-refractivity contribution is 5.97. The molecule has 0 rings (SSSR count). The van der Waals surface area contributed by atoms with E-state index < -0.39 is 18.2 Å². The largest absolute Gasteiger partial charge is 0.481 e. The molecule has 0 aliphatic heterocycles. The number of carbonyl (C=O) groups is 7. The van der Waals surface area contributed by atoms with Gasteiger partial charge in [0.2, 0.25) is 0 Å². The fraction of sp³-hybridized carbons (Fsp3) is 0.650. The molecule has 0 unspecified atom stereocenters. The molecule has 1 N–H and O–H groups in total. The minimum Gasteiger partial charge on any atom is -0.481 e. The van der Waals surface area contributed by atoms with Crippen LogP contribution in [0.5, 0.6) is 0 Å². The molecule has 0 amide bonds. The van der Waals surface area contributed by atoms with Gasteiger partial charge in [-0.1, -0.05) is 6.92 Å². The van der Waals surface area contributed by atoms with Crippen molar-refractivity contribution >= 4 is 40.7 Å². The molecule has 8 heteroatoms. The van der Waals surface area contributed by atoms with Gasteiger partial charge in [0.25, 0.3) is 0 Å². The summed E-state index contributed by atoms with van der Waals surface area (Å²) in [6.45, 7) is 1.72. The summed E-state index contributed by atoms with van der Waals surface area (Å²) in [5.74, 6) is -2.69. The zero-order valence-electron chi connectivity index (χ0n) is 16.3. The molecule has 8 nitrogen and oxygen atoms in total. The maximum Gasteiger partial charge on any atom is 0.310 e. The van der Waals surface area contributed by atoms with Gasteiger partial charge in [-0.2, -0.15) is 0 Å². The van der Waals surface area contributed by atoms with E-state index in [-0.39, 0.29) is 93.1 Å². The second-order valence-electron chi connectivity index (χ2n) is 6.66. The third kappa shape index (κ3) is 14.6. The van der Waals surface area contributed by atoms with E-state index in [1.54, 1.807) is 6.92 Å². The van der Waals surface area contributed by atoms with Crippen molar-refractivity contribution in [1.82, 2.24) is 0 Å². The number of carbonyl (C=O) groups excluding carboxylic acids is 6. The predicted molar refractivity (Wildman–Crippen MR) is 98.8 cm³/mol. The van der Waals surface area contributed by atoms with E-state index in [0.29, 0.717) is 6.42 Å². The highest BCUT2D eigenvalue weighted by Crippen LogP contribution is 2.08. The summed E-state index contributed by atoms with van der Waals surface area (Å²) in [6, 6.07) is 0. The van der Waals surface area contributed by atoms with Crippen molar-refractivity contribution in [1.29, 1.82) is 0 Å². The van der Waals surface area contributed by atoms with Crippen LogP contribution in [0.1, 0.15) is 84.0 Å². The van der Waals surface area contributed by atoms with Crippen molar-refractivity contribution in [2.24, 2.45) is 0 Å². The van der Waals surface area contributed by atoms with Gasteiger partial charge >= 0.3 is 5.97 Å². The quantitative estimate of drug-likeness (QED) is 0.348. The minimum atomic E-state index is -1.24. The molecule has 0 aromatic heterocycles. The Morgan fingerprint density at radius 3 is 0.964 bits per heavy atom. The van der Waals surface area contributed by atoms with Gasteiger partial charge in [-0.3, -0.25) is 33.6 Å². The van der Waals surface area contributed by atoms with Crippen molar-refractivity contribution < 1.29 is 38.7 Å². The average molecular weight is 396 g/mol. The molecular formula is C20H28O8. The number of ketones is 6. The first kappa shape index (κ1) is 25.5. The van der Waals surface area contributed by atoms with E-state index >= 15 is 0 Å². The summed E-state index contributed by atoms with van der Waals surface area (Å²) < 4.78 is 0. The molecule has 0 radical (unpaired) electrons. The molecule has 0 aromatic carbocycles. The first-order valence-corrected chi connectivity index (χ1v) is 9.46. The number of hydrogen-bond acceptors (Lipinski definition) is 7. The van der Waals surface area contributed by atoms with E-state index in [0.717, 1.165) is 0 Å². The van der Waals surface area contributed by atoms with Crippen LogP contribution in [0, 0.1) is 0 Å². The molecular weight excluding hydrogens is 368 g/mol. The van der Waals surface area contributed by atoms with E-state index in [9.17, 15) is 33.6 Å². The highest BCUT2D eigenvalue weighted by Gasteiger charge is 2.14. The van der Waals surface area contributed by atoms with E-state index in [1.165, 1.54) is 0 Å². The van der Waals surface area contributed by atoms with Gasteiger partial charge < -0.3 is 5.11 Å². The Hall–Kier alpha value is -2.51. The van der Waals surface area contributed by atoms with Crippen molar-refractivity contribution in [3.05, 3.63) is 0 Å². The first-order chi connectivity index (χ1) is 13.1. The Bertz CT molecular complexity index is 618. The molecule has 0 spiro atoms. The Balaban J connectivity index is 3.87. The SMILES string of the molecule is CCC(=O)CCC(=O)CCC(=O)CCC(=O)CCC(=O)CCC(=O)CC(=O)O. The standard InChI is InChI=1S/C20H28O8/c1-2-14(21)3-4-15(22)5-6-16(23)7-8-17(24)9-10-18(25)11-12-19(26)13-20(27)28/h2-13H2,1H3,(H,27,28). The summed E-state index contributed by atoms with van der Waals surface area (Å²) >= 11 is 0. The topological polar surface area (TPSA) is 140 Å². The lowest BCUT2D eigenvalue weighted by Gasteiger charge is -2.02. The molecule has 0 saturated carbocycles. The number of carboxylic acids is 1. The number of hydrogen-bond donors (Lipinski definition) is 1. The normalized spacial score (nSPS) is 10.3. The summed E-state index contributed by atoms with van der Waals surface area (Å²) in [6.07, 6.45) is -0.137. The van der Waals surface area contributed by atoms with Gasteiger partial charge in [0.05, 0.1) is 0 Å². The van der Waals surface area contributed by atoms with Crippen LogP contribution < -0.4 is 0 Å².